The fourth-order valence-electron chi connectivity index (χ4n) is 4.34. The maximum absolute atomic E-state index is 12.9. The second-order valence-electron chi connectivity index (χ2n) is 8.06. The zero-order chi connectivity index (χ0) is 22.2. The summed E-state index contributed by atoms with van der Waals surface area (Å²) in [5, 5.41) is 4.66. The smallest absolute Gasteiger partial charge is 0.339 e. The summed E-state index contributed by atoms with van der Waals surface area (Å²) in [6.45, 7) is 4.93. The predicted molar refractivity (Wildman–Crippen MR) is 108 cm³/mol. The van der Waals surface area contributed by atoms with Crippen LogP contribution < -0.4 is 0 Å². The summed E-state index contributed by atoms with van der Waals surface area (Å²) in [6, 6.07) is 6.42. The van der Waals surface area contributed by atoms with E-state index in [1.54, 1.807) is 9.58 Å². The molecular formula is C22H25F3N4O2. The summed E-state index contributed by atoms with van der Waals surface area (Å²) < 4.78 is 40.6. The van der Waals surface area contributed by atoms with E-state index in [2.05, 4.69) is 5.10 Å². The fourth-order valence-corrected chi connectivity index (χ4v) is 4.34. The van der Waals surface area contributed by atoms with Gasteiger partial charge in [-0.05, 0) is 50.5 Å². The first-order chi connectivity index (χ1) is 14.8. The first kappa shape index (κ1) is 21.4. The molecule has 1 aromatic carbocycles. The van der Waals surface area contributed by atoms with Crippen molar-refractivity contribution < 1.29 is 22.8 Å². The van der Waals surface area contributed by atoms with E-state index in [0.717, 1.165) is 30.8 Å². The molecule has 0 saturated carbocycles. The summed E-state index contributed by atoms with van der Waals surface area (Å²) in [5.74, 6) is -0.275. The minimum absolute atomic E-state index is 0.00379. The molecule has 0 atom stereocenters. The number of fused-ring (bicyclic) bond motifs is 1. The molecule has 0 radical (unpaired) electrons. The molecule has 0 unspecified atom stereocenters. The van der Waals surface area contributed by atoms with Gasteiger partial charge in [0.1, 0.15) is 5.69 Å². The number of benzene rings is 1. The maximum Gasteiger partial charge on any atom is 0.416 e. The van der Waals surface area contributed by atoms with Crippen LogP contribution in [0.15, 0.2) is 30.3 Å². The lowest BCUT2D eigenvalue weighted by atomic mass is 9.93. The quantitative estimate of drug-likeness (QED) is 0.739. The van der Waals surface area contributed by atoms with Crippen LogP contribution in [0.2, 0.25) is 0 Å². The fraction of sp³-hybridized carbons (Fsp3) is 0.500. The van der Waals surface area contributed by atoms with Gasteiger partial charge in [-0.3, -0.25) is 14.3 Å². The highest BCUT2D eigenvalue weighted by atomic mass is 19.4. The van der Waals surface area contributed by atoms with E-state index in [9.17, 15) is 22.8 Å². The monoisotopic (exact) mass is 434 g/mol. The number of likely N-dealkylation sites (tertiary alicyclic amines) is 1. The largest absolute Gasteiger partial charge is 0.416 e. The van der Waals surface area contributed by atoms with Gasteiger partial charge in [0, 0.05) is 44.2 Å². The Morgan fingerprint density at radius 1 is 1.13 bits per heavy atom. The topological polar surface area (TPSA) is 58.4 Å². The molecule has 166 valence electrons. The van der Waals surface area contributed by atoms with Gasteiger partial charge in [0.2, 0.25) is 0 Å². The lowest BCUT2D eigenvalue weighted by Crippen LogP contribution is -2.38. The Morgan fingerprint density at radius 3 is 2.55 bits per heavy atom. The van der Waals surface area contributed by atoms with E-state index in [4.69, 9.17) is 0 Å². The summed E-state index contributed by atoms with van der Waals surface area (Å²) in [6.07, 6.45) is -2.30. The average molecular weight is 434 g/mol. The number of piperidine rings is 1. The van der Waals surface area contributed by atoms with Gasteiger partial charge in [-0.2, -0.15) is 18.3 Å². The number of halogens is 3. The molecule has 2 amide bonds. The van der Waals surface area contributed by atoms with Crippen molar-refractivity contribution in [2.45, 2.75) is 44.8 Å². The molecule has 2 aliphatic rings. The van der Waals surface area contributed by atoms with E-state index in [1.165, 1.54) is 12.1 Å². The van der Waals surface area contributed by atoms with Crippen LogP contribution in [0.3, 0.4) is 0 Å². The predicted octanol–water partition coefficient (Wildman–Crippen LogP) is 3.79. The minimum Gasteiger partial charge on any atom is -0.339 e. The molecule has 1 aromatic heterocycles. The van der Waals surface area contributed by atoms with Gasteiger partial charge in [-0.1, -0.05) is 6.07 Å². The number of nitrogens with zero attached hydrogens (tertiary/aromatic N) is 4. The molecule has 4 rings (SSSR count). The van der Waals surface area contributed by atoms with Gasteiger partial charge < -0.3 is 9.80 Å². The second-order valence-corrected chi connectivity index (χ2v) is 8.06. The molecule has 1 saturated heterocycles. The highest BCUT2D eigenvalue weighted by Gasteiger charge is 2.33. The summed E-state index contributed by atoms with van der Waals surface area (Å²) in [7, 11) is 0. The van der Waals surface area contributed by atoms with Crippen molar-refractivity contribution in [2.24, 2.45) is 0 Å². The molecular weight excluding hydrogens is 409 g/mol. The van der Waals surface area contributed by atoms with E-state index in [0.29, 0.717) is 44.7 Å². The highest BCUT2D eigenvalue weighted by Crippen LogP contribution is 2.32. The zero-order valence-electron chi connectivity index (χ0n) is 17.4. The highest BCUT2D eigenvalue weighted by molar-refractivity contribution is 5.94. The Balaban J connectivity index is 1.43. The van der Waals surface area contributed by atoms with Crippen LogP contribution in [0.5, 0.6) is 0 Å². The molecule has 0 spiro atoms. The Labute approximate surface area is 178 Å². The van der Waals surface area contributed by atoms with E-state index in [-0.39, 0.29) is 23.3 Å². The molecule has 9 heteroatoms. The van der Waals surface area contributed by atoms with E-state index in [1.807, 2.05) is 17.9 Å². The number of hydrogen-bond donors (Lipinski definition) is 0. The van der Waals surface area contributed by atoms with Gasteiger partial charge in [-0.25, -0.2) is 0 Å². The number of alkyl halides is 3. The van der Waals surface area contributed by atoms with Crippen molar-refractivity contribution in [3.8, 4) is 0 Å². The molecule has 31 heavy (non-hydrogen) atoms. The number of carbonyl (C=O) groups is 2. The maximum atomic E-state index is 12.9. The Morgan fingerprint density at radius 2 is 1.87 bits per heavy atom. The summed E-state index contributed by atoms with van der Waals surface area (Å²) in [4.78, 5) is 28.8. The van der Waals surface area contributed by atoms with Crippen LogP contribution >= 0.6 is 0 Å². The molecule has 6 nitrogen and oxygen atoms in total. The average Bonchev–Trinajstić information content (AvgIpc) is 3.13. The molecule has 3 heterocycles. The summed E-state index contributed by atoms with van der Waals surface area (Å²) >= 11 is 0. The van der Waals surface area contributed by atoms with Crippen LogP contribution in [0.4, 0.5) is 13.2 Å². The van der Waals surface area contributed by atoms with Gasteiger partial charge in [0.15, 0.2) is 0 Å². The standard InChI is InChI=1S/C22H25F3N4O2/c1-2-27-9-4-10-29-19(21(27)31)14-18(26-29)15-7-11-28(12-8-15)20(30)16-5-3-6-17(13-16)22(23,24)25/h3,5-6,13-15H,2,4,7-12H2,1H3. The number of hydrogen-bond acceptors (Lipinski definition) is 3. The van der Waals surface area contributed by atoms with Crippen molar-refractivity contribution in [3.63, 3.8) is 0 Å². The SMILES string of the molecule is CCN1CCCn2nc(C3CCN(C(=O)c4cccc(C(F)(F)F)c4)CC3)cc2C1=O. The Kier molecular flexibility index (Phi) is 5.77. The van der Waals surface area contributed by atoms with Crippen LogP contribution in [-0.4, -0.2) is 57.6 Å². The van der Waals surface area contributed by atoms with E-state index < -0.39 is 11.7 Å². The van der Waals surface area contributed by atoms with Crippen LogP contribution in [0.1, 0.15) is 64.2 Å². The van der Waals surface area contributed by atoms with Crippen molar-refractivity contribution in [1.82, 2.24) is 19.6 Å². The van der Waals surface area contributed by atoms with Crippen LogP contribution in [-0.2, 0) is 12.7 Å². The third kappa shape index (κ3) is 4.31. The molecule has 0 aliphatic carbocycles. The molecule has 1 fully saturated rings. The van der Waals surface area contributed by atoms with Crippen LogP contribution in [0.25, 0.3) is 0 Å². The second kappa shape index (κ2) is 8.36. The van der Waals surface area contributed by atoms with Gasteiger partial charge in [-0.15, -0.1) is 0 Å². The molecule has 2 aromatic rings. The minimum atomic E-state index is -4.48. The first-order valence-electron chi connectivity index (χ1n) is 10.6. The number of aryl methyl sites for hydroxylation is 1. The molecule has 0 bridgehead atoms. The zero-order valence-corrected chi connectivity index (χ0v) is 17.4. The molecule has 2 aliphatic heterocycles. The Hall–Kier alpha value is -2.84. The van der Waals surface area contributed by atoms with Gasteiger partial charge in [0.25, 0.3) is 11.8 Å². The van der Waals surface area contributed by atoms with Gasteiger partial charge >= 0.3 is 6.18 Å². The summed E-state index contributed by atoms with van der Waals surface area (Å²) in [5.41, 5.74) is 0.690. The Bertz CT molecular complexity index is 977. The lowest BCUT2D eigenvalue weighted by Gasteiger charge is -2.31. The van der Waals surface area contributed by atoms with Crippen molar-refractivity contribution in [1.29, 1.82) is 0 Å². The lowest BCUT2D eigenvalue weighted by molar-refractivity contribution is -0.137. The first-order valence-corrected chi connectivity index (χ1v) is 10.6. The molecule has 0 N–H and O–H groups in total. The number of rotatable bonds is 3. The normalized spacial score (nSPS) is 18.1. The van der Waals surface area contributed by atoms with Crippen LogP contribution in [0, 0.1) is 0 Å². The van der Waals surface area contributed by atoms with Crippen molar-refractivity contribution in [3.05, 3.63) is 52.8 Å². The third-order valence-corrected chi connectivity index (χ3v) is 6.12. The van der Waals surface area contributed by atoms with Gasteiger partial charge in [0.05, 0.1) is 11.3 Å². The third-order valence-electron chi connectivity index (χ3n) is 6.12. The number of aromatic nitrogens is 2. The van der Waals surface area contributed by atoms with E-state index >= 15 is 0 Å². The van der Waals surface area contributed by atoms with Crippen molar-refractivity contribution in [2.75, 3.05) is 26.2 Å². The number of carbonyl (C=O) groups excluding carboxylic acids is 2. The van der Waals surface area contributed by atoms with Crippen molar-refractivity contribution >= 4 is 11.8 Å². The number of amides is 2.